The Balaban J connectivity index is 1.89. The van der Waals surface area contributed by atoms with E-state index >= 15 is 0 Å². The number of carbonyl (C=O) groups is 1. The van der Waals surface area contributed by atoms with E-state index in [2.05, 4.69) is 19.2 Å². The Kier molecular flexibility index (Phi) is 7.55. The molecule has 1 aliphatic rings. The zero-order valence-corrected chi connectivity index (χ0v) is 19.8. The molecule has 0 radical (unpaired) electrons. The topological polar surface area (TPSA) is 66.5 Å². The van der Waals surface area contributed by atoms with Crippen LogP contribution in [-0.2, 0) is 14.8 Å². The number of nitrogens with one attached hydrogen (secondary N) is 1. The fourth-order valence-corrected chi connectivity index (χ4v) is 5.93. The quantitative estimate of drug-likeness (QED) is 0.625. The van der Waals surface area contributed by atoms with Crippen LogP contribution in [0.1, 0.15) is 68.6 Å². The average Bonchev–Trinajstić information content (AvgIpc) is 2.74. The van der Waals surface area contributed by atoms with E-state index in [0.29, 0.717) is 0 Å². The van der Waals surface area contributed by atoms with Crippen LogP contribution in [-0.4, -0.2) is 31.2 Å². The normalized spacial score (nSPS) is 15.4. The summed E-state index contributed by atoms with van der Waals surface area (Å²) in [4.78, 5) is 13.4. The van der Waals surface area contributed by atoms with Crippen molar-refractivity contribution in [2.75, 3.05) is 11.9 Å². The number of benzene rings is 2. The van der Waals surface area contributed by atoms with Gasteiger partial charge in [0.25, 0.3) is 0 Å². The molecule has 0 spiro atoms. The zero-order chi connectivity index (χ0) is 22.6. The van der Waals surface area contributed by atoms with Crippen molar-refractivity contribution in [3.63, 3.8) is 0 Å². The van der Waals surface area contributed by atoms with Crippen molar-refractivity contribution in [2.45, 2.75) is 76.7 Å². The summed E-state index contributed by atoms with van der Waals surface area (Å²) in [5.74, 6) is -0.0431. The number of rotatable bonds is 7. The lowest BCUT2D eigenvalue weighted by atomic mass is 9.95. The fraction of sp³-hybridized carbons (Fsp3) is 0.480. The summed E-state index contributed by atoms with van der Waals surface area (Å²) in [5, 5.41) is 3.02. The number of anilines is 1. The Labute approximate surface area is 186 Å². The molecule has 0 aromatic heterocycles. The average molecular weight is 443 g/mol. The molecule has 1 amide bonds. The standard InChI is InChI=1S/C25H34N2O3S/c1-18(2)23-12-8-9-20(4)25(23)26-24(28)17-27(21-10-6-5-7-11-21)31(29,30)22-15-13-19(3)14-16-22/h8-9,12-16,18,21H,5-7,10-11,17H2,1-4H3,(H,26,28). The first-order chi connectivity index (χ1) is 14.7. The monoisotopic (exact) mass is 442 g/mol. The summed E-state index contributed by atoms with van der Waals surface area (Å²) in [6.45, 7) is 7.88. The summed E-state index contributed by atoms with van der Waals surface area (Å²) >= 11 is 0. The Hall–Kier alpha value is -2.18. The summed E-state index contributed by atoms with van der Waals surface area (Å²) < 4.78 is 28.5. The number of amides is 1. The van der Waals surface area contributed by atoms with Crippen LogP contribution in [0.5, 0.6) is 0 Å². The molecule has 1 aliphatic carbocycles. The number of nitrogens with zero attached hydrogens (tertiary/aromatic N) is 1. The maximum absolute atomic E-state index is 13.5. The minimum Gasteiger partial charge on any atom is -0.324 e. The first kappa shape index (κ1) is 23.5. The van der Waals surface area contributed by atoms with Crippen molar-refractivity contribution in [1.29, 1.82) is 0 Å². The minimum atomic E-state index is -3.77. The van der Waals surface area contributed by atoms with Gasteiger partial charge in [-0.25, -0.2) is 8.42 Å². The molecule has 6 heteroatoms. The number of aryl methyl sites for hydroxylation is 2. The van der Waals surface area contributed by atoms with Gasteiger partial charge in [0.05, 0.1) is 11.4 Å². The van der Waals surface area contributed by atoms with Crippen LogP contribution in [0.4, 0.5) is 5.69 Å². The molecule has 0 atom stereocenters. The molecule has 2 aromatic rings. The van der Waals surface area contributed by atoms with E-state index in [1.54, 1.807) is 24.3 Å². The Morgan fingerprint density at radius 1 is 1.03 bits per heavy atom. The molecule has 2 aromatic carbocycles. The predicted molar refractivity (Wildman–Crippen MR) is 126 cm³/mol. The van der Waals surface area contributed by atoms with Crippen LogP contribution < -0.4 is 5.32 Å². The van der Waals surface area contributed by atoms with Gasteiger partial charge in [-0.2, -0.15) is 4.31 Å². The molecule has 1 N–H and O–H groups in total. The maximum Gasteiger partial charge on any atom is 0.243 e. The third-order valence-electron chi connectivity index (χ3n) is 6.10. The van der Waals surface area contributed by atoms with Gasteiger partial charge in [-0.15, -0.1) is 0 Å². The molecule has 1 fully saturated rings. The second-order valence-electron chi connectivity index (χ2n) is 8.90. The first-order valence-corrected chi connectivity index (χ1v) is 12.6. The van der Waals surface area contributed by atoms with Crippen molar-refractivity contribution in [3.05, 3.63) is 59.2 Å². The highest BCUT2D eigenvalue weighted by molar-refractivity contribution is 7.89. The third kappa shape index (κ3) is 5.55. The van der Waals surface area contributed by atoms with Crippen molar-refractivity contribution in [3.8, 4) is 0 Å². The fourth-order valence-electron chi connectivity index (χ4n) is 4.29. The molecule has 31 heavy (non-hydrogen) atoms. The molecular weight excluding hydrogens is 408 g/mol. The van der Waals surface area contributed by atoms with E-state index in [1.807, 2.05) is 32.0 Å². The largest absolute Gasteiger partial charge is 0.324 e. The number of carbonyl (C=O) groups excluding carboxylic acids is 1. The number of para-hydroxylation sites is 1. The van der Waals surface area contributed by atoms with Gasteiger partial charge in [-0.3, -0.25) is 4.79 Å². The number of hydrogen-bond acceptors (Lipinski definition) is 3. The maximum atomic E-state index is 13.5. The van der Waals surface area contributed by atoms with Gasteiger partial charge in [0, 0.05) is 11.7 Å². The van der Waals surface area contributed by atoms with Crippen LogP contribution in [0.2, 0.25) is 0 Å². The van der Waals surface area contributed by atoms with Gasteiger partial charge in [0.1, 0.15) is 0 Å². The lowest BCUT2D eigenvalue weighted by molar-refractivity contribution is -0.116. The van der Waals surface area contributed by atoms with E-state index in [1.165, 1.54) is 4.31 Å². The Bertz CT molecular complexity index is 1010. The smallest absolute Gasteiger partial charge is 0.243 e. The second kappa shape index (κ2) is 9.96. The highest BCUT2D eigenvalue weighted by Gasteiger charge is 2.34. The van der Waals surface area contributed by atoms with Gasteiger partial charge in [-0.1, -0.05) is 69.0 Å². The lowest BCUT2D eigenvalue weighted by Crippen LogP contribution is -2.45. The van der Waals surface area contributed by atoms with Gasteiger partial charge < -0.3 is 5.32 Å². The van der Waals surface area contributed by atoms with Crippen molar-refractivity contribution < 1.29 is 13.2 Å². The molecule has 1 saturated carbocycles. The molecule has 5 nitrogen and oxygen atoms in total. The second-order valence-corrected chi connectivity index (χ2v) is 10.8. The molecule has 0 heterocycles. The molecule has 0 aliphatic heterocycles. The van der Waals surface area contributed by atoms with E-state index in [9.17, 15) is 13.2 Å². The van der Waals surface area contributed by atoms with Crippen LogP contribution in [0.25, 0.3) is 0 Å². The molecule has 3 rings (SSSR count). The first-order valence-electron chi connectivity index (χ1n) is 11.2. The predicted octanol–water partition coefficient (Wildman–Crippen LogP) is 5.39. The molecule has 0 unspecified atom stereocenters. The minimum absolute atomic E-state index is 0.146. The van der Waals surface area contributed by atoms with Crippen molar-refractivity contribution in [1.82, 2.24) is 4.31 Å². The van der Waals surface area contributed by atoms with Crippen molar-refractivity contribution >= 4 is 21.6 Å². The van der Waals surface area contributed by atoms with E-state index in [4.69, 9.17) is 0 Å². The highest BCUT2D eigenvalue weighted by Crippen LogP contribution is 2.30. The third-order valence-corrected chi connectivity index (χ3v) is 8.01. The molecular formula is C25H34N2O3S. The summed E-state index contributed by atoms with van der Waals surface area (Å²) in [5.41, 5.74) is 3.82. The Morgan fingerprint density at radius 2 is 1.68 bits per heavy atom. The lowest BCUT2D eigenvalue weighted by Gasteiger charge is -2.33. The summed E-state index contributed by atoms with van der Waals surface area (Å²) in [6, 6.07) is 12.7. The SMILES string of the molecule is Cc1ccc(S(=O)(=O)N(CC(=O)Nc2c(C)cccc2C(C)C)C2CCCCC2)cc1. The van der Waals surface area contributed by atoms with Crippen molar-refractivity contribution in [2.24, 2.45) is 0 Å². The number of hydrogen-bond donors (Lipinski definition) is 1. The van der Waals surface area contributed by atoms with Gasteiger partial charge in [0.2, 0.25) is 15.9 Å². The van der Waals surface area contributed by atoms with Crippen LogP contribution in [0.15, 0.2) is 47.4 Å². The molecule has 168 valence electrons. The van der Waals surface area contributed by atoms with E-state index in [0.717, 1.165) is 54.5 Å². The Morgan fingerprint density at radius 3 is 2.29 bits per heavy atom. The van der Waals surface area contributed by atoms with Crippen LogP contribution >= 0.6 is 0 Å². The van der Waals surface area contributed by atoms with Gasteiger partial charge in [-0.05, 0) is 55.9 Å². The highest BCUT2D eigenvalue weighted by atomic mass is 32.2. The number of sulfonamides is 1. The molecule has 0 saturated heterocycles. The van der Waals surface area contributed by atoms with Crippen LogP contribution in [0, 0.1) is 13.8 Å². The van der Waals surface area contributed by atoms with Crippen LogP contribution in [0.3, 0.4) is 0 Å². The van der Waals surface area contributed by atoms with Gasteiger partial charge in [0.15, 0.2) is 0 Å². The van der Waals surface area contributed by atoms with Gasteiger partial charge >= 0.3 is 0 Å². The summed E-state index contributed by atoms with van der Waals surface area (Å²) in [7, 11) is -3.77. The van der Waals surface area contributed by atoms with E-state index < -0.39 is 10.0 Å². The zero-order valence-electron chi connectivity index (χ0n) is 19.0. The molecule has 0 bridgehead atoms. The van der Waals surface area contributed by atoms with E-state index in [-0.39, 0.29) is 29.3 Å². The summed E-state index contributed by atoms with van der Waals surface area (Å²) in [6.07, 6.45) is 4.67.